The number of nitrogens with zero attached hydrogens (tertiary/aromatic N) is 1. The first-order valence-corrected chi connectivity index (χ1v) is 14.0. The number of hydrogen-bond donors (Lipinski definition) is 1. The lowest BCUT2D eigenvalue weighted by Crippen LogP contribution is -2.54. The van der Waals surface area contributed by atoms with Crippen LogP contribution in [-0.2, 0) is 22.4 Å². The van der Waals surface area contributed by atoms with Gasteiger partial charge in [0.15, 0.2) is 11.5 Å². The van der Waals surface area contributed by atoms with Crippen molar-refractivity contribution in [3.05, 3.63) is 105 Å². The molecule has 0 radical (unpaired) electrons. The number of nitrogens with one attached hydrogen (secondary N) is 1. The highest BCUT2D eigenvalue weighted by Crippen LogP contribution is 2.40. The smallest absolute Gasteiger partial charge is 0.416 e. The number of ether oxygens (including phenoxy) is 2. The zero-order valence-corrected chi connectivity index (χ0v) is 24.6. The van der Waals surface area contributed by atoms with Crippen LogP contribution in [0.5, 0.6) is 11.5 Å². The minimum atomic E-state index is -4.76. The molecule has 43 heavy (non-hydrogen) atoms. The number of carbonyl (C=O) groups excluding carboxylic acids is 3. The summed E-state index contributed by atoms with van der Waals surface area (Å²) in [5.74, 6) is -1.49. The van der Waals surface area contributed by atoms with Crippen molar-refractivity contribution >= 4 is 67.9 Å². The number of carbonyl (C=O) groups is 3. The molecule has 0 unspecified atom stereocenters. The van der Waals surface area contributed by atoms with E-state index in [9.17, 15) is 27.6 Å². The average molecular weight is 674 g/mol. The van der Waals surface area contributed by atoms with Crippen molar-refractivity contribution in [3.63, 3.8) is 0 Å². The Balaban J connectivity index is 1.48. The third kappa shape index (κ3) is 6.23. The monoisotopic (exact) mass is 672 g/mol. The molecular formula is C31H21BrClF3N2O5. The number of fused-ring (bicyclic) bond motifs is 1. The Kier molecular flexibility index (Phi) is 8.48. The number of benzene rings is 4. The van der Waals surface area contributed by atoms with E-state index in [-0.39, 0.29) is 18.2 Å². The molecule has 1 N–H and O–H groups in total. The van der Waals surface area contributed by atoms with Crippen molar-refractivity contribution in [3.8, 4) is 11.5 Å². The van der Waals surface area contributed by atoms with Gasteiger partial charge in [-0.05, 0) is 81.2 Å². The minimum Gasteiger partial charge on any atom is -0.490 e. The second kappa shape index (κ2) is 12.1. The second-order valence-electron chi connectivity index (χ2n) is 9.31. The van der Waals surface area contributed by atoms with Crippen molar-refractivity contribution in [2.75, 3.05) is 11.5 Å². The molecule has 1 aliphatic heterocycles. The van der Waals surface area contributed by atoms with Crippen LogP contribution in [0.4, 0.5) is 23.7 Å². The van der Waals surface area contributed by atoms with Gasteiger partial charge in [-0.1, -0.05) is 54.1 Å². The number of imide groups is 2. The van der Waals surface area contributed by atoms with Gasteiger partial charge in [0.25, 0.3) is 11.8 Å². The first kappa shape index (κ1) is 30.1. The molecule has 0 aliphatic carbocycles. The van der Waals surface area contributed by atoms with Crippen molar-refractivity contribution < 1.29 is 37.0 Å². The predicted molar refractivity (Wildman–Crippen MR) is 159 cm³/mol. The number of hydrogen-bond acceptors (Lipinski definition) is 5. The SMILES string of the molecule is CCOc1cc(/C=C2/C(=O)NC(=O)N(c3cc(C(F)(F)F)ccc3Cl)C2=O)cc(Br)c1OCc1cccc2ccccc12. The third-order valence-electron chi connectivity index (χ3n) is 6.51. The van der Waals surface area contributed by atoms with E-state index in [2.05, 4.69) is 15.9 Å². The van der Waals surface area contributed by atoms with Crippen LogP contribution in [0.25, 0.3) is 16.8 Å². The predicted octanol–water partition coefficient (Wildman–Crippen LogP) is 7.92. The van der Waals surface area contributed by atoms with E-state index in [1.807, 2.05) is 47.8 Å². The quantitative estimate of drug-likeness (QED) is 0.159. The largest absolute Gasteiger partial charge is 0.490 e. The van der Waals surface area contributed by atoms with Crippen molar-refractivity contribution in [2.24, 2.45) is 0 Å². The van der Waals surface area contributed by atoms with Gasteiger partial charge in [-0.15, -0.1) is 0 Å². The summed E-state index contributed by atoms with van der Waals surface area (Å²) in [6.07, 6.45) is -3.57. The van der Waals surface area contributed by atoms with Crippen LogP contribution in [0.1, 0.15) is 23.6 Å². The van der Waals surface area contributed by atoms with Gasteiger partial charge in [0, 0.05) is 0 Å². The topological polar surface area (TPSA) is 84.9 Å². The molecular weight excluding hydrogens is 653 g/mol. The fourth-order valence-corrected chi connectivity index (χ4v) is 5.32. The van der Waals surface area contributed by atoms with Gasteiger partial charge in [0.05, 0.1) is 27.4 Å². The molecule has 1 saturated heterocycles. The number of halogens is 5. The Labute approximate surface area is 257 Å². The van der Waals surface area contributed by atoms with Crippen LogP contribution in [0.2, 0.25) is 5.02 Å². The molecule has 0 spiro atoms. The van der Waals surface area contributed by atoms with Gasteiger partial charge >= 0.3 is 12.2 Å². The Bertz CT molecular complexity index is 1800. The van der Waals surface area contributed by atoms with Crippen LogP contribution in [0.15, 0.2) is 82.8 Å². The molecule has 0 atom stereocenters. The molecule has 4 amide bonds. The molecule has 220 valence electrons. The molecule has 1 heterocycles. The van der Waals surface area contributed by atoms with E-state index in [1.54, 1.807) is 13.0 Å². The first-order valence-electron chi connectivity index (χ1n) is 12.8. The van der Waals surface area contributed by atoms with E-state index >= 15 is 0 Å². The first-order chi connectivity index (χ1) is 20.5. The molecule has 4 aromatic rings. The van der Waals surface area contributed by atoms with E-state index in [0.717, 1.165) is 28.5 Å². The molecule has 7 nitrogen and oxygen atoms in total. The van der Waals surface area contributed by atoms with Crippen LogP contribution < -0.4 is 19.7 Å². The third-order valence-corrected chi connectivity index (χ3v) is 7.42. The molecule has 0 aromatic heterocycles. The Morgan fingerprint density at radius 2 is 1.72 bits per heavy atom. The number of urea groups is 1. The lowest BCUT2D eigenvalue weighted by molar-refractivity contribution is -0.137. The summed E-state index contributed by atoms with van der Waals surface area (Å²) in [7, 11) is 0. The summed E-state index contributed by atoms with van der Waals surface area (Å²) in [6.45, 7) is 2.26. The zero-order valence-electron chi connectivity index (χ0n) is 22.3. The number of amides is 4. The lowest BCUT2D eigenvalue weighted by Gasteiger charge is -2.27. The Morgan fingerprint density at radius 1 is 0.977 bits per heavy atom. The van der Waals surface area contributed by atoms with Crippen molar-refractivity contribution in [2.45, 2.75) is 19.7 Å². The van der Waals surface area contributed by atoms with Crippen molar-refractivity contribution in [1.82, 2.24) is 5.32 Å². The van der Waals surface area contributed by atoms with Crippen LogP contribution in [0.3, 0.4) is 0 Å². The summed E-state index contributed by atoms with van der Waals surface area (Å²) < 4.78 is 52.4. The van der Waals surface area contributed by atoms with E-state index in [1.165, 1.54) is 12.1 Å². The number of anilines is 1. The molecule has 0 bridgehead atoms. The highest BCUT2D eigenvalue weighted by Gasteiger charge is 2.39. The minimum absolute atomic E-state index is 0.218. The van der Waals surface area contributed by atoms with Crippen LogP contribution >= 0.6 is 27.5 Å². The summed E-state index contributed by atoms with van der Waals surface area (Å²) in [6, 6.07) is 17.9. The highest BCUT2D eigenvalue weighted by atomic mass is 79.9. The maximum atomic E-state index is 13.4. The molecule has 0 saturated carbocycles. The molecule has 4 aromatic carbocycles. The van der Waals surface area contributed by atoms with Crippen molar-refractivity contribution in [1.29, 1.82) is 0 Å². The Morgan fingerprint density at radius 3 is 2.47 bits per heavy atom. The standard InChI is InChI=1S/C31H21BrClF3N2O5/c1-2-42-26-14-17(13-23(32)27(26)43-16-19-8-5-7-18-6-3-4-9-21(18)19)12-22-28(39)37-30(41)38(29(22)40)25-15-20(31(34,35)36)10-11-24(25)33/h3-15H,2,16H2,1H3,(H,37,39,41)/b22-12-. The lowest BCUT2D eigenvalue weighted by atomic mass is 10.0. The molecule has 1 fully saturated rings. The van der Waals surface area contributed by atoms with E-state index in [4.69, 9.17) is 21.1 Å². The van der Waals surface area contributed by atoms with E-state index < -0.39 is 40.8 Å². The fraction of sp³-hybridized carbons (Fsp3) is 0.129. The number of barbiturate groups is 1. The van der Waals surface area contributed by atoms with Crippen LogP contribution in [0, 0.1) is 0 Å². The summed E-state index contributed by atoms with van der Waals surface area (Å²) >= 11 is 9.54. The maximum Gasteiger partial charge on any atom is 0.416 e. The summed E-state index contributed by atoms with van der Waals surface area (Å²) in [5.41, 5.74) is -0.895. The van der Waals surface area contributed by atoms with Gasteiger partial charge < -0.3 is 9.47 Å². The number of rotatable bonds is 7. The molecule has 12 heteroatoms. The average Bonchev–Trinajstić information content (AvgIpc) is 2.95. The molecule has 5 rings (SSSR count). The van der Waals surface area contributed by atoms with Crippen LogP contribution in [-0.4, -0.2) is 24.5 Å². The van der Waals surface area contributed by atoms with Gasteiger partial charge in [-0.25, -0.2) is 9.69 Å². The van der Waals surface area contributed by atoms with E-state index in [0.29, 0.717) is 32.5 Å². The normalized spacial score (nSPS) is 14.8. The fourth-order valence-electron chi connectivity index (χ4n) is 4.55. The summed E-state index contributed by atoms with van der Waals surface area (Å²) in [4.78, 5) is 39.1. The van der Waals surface area contributed by atoms with Gasteiger partial charge in [-0.2, -0.15) is 13.2 Å². The molecule has 1 aliphatic rings. The zero-order chi connectivity index (χ0) is 30.9. The van der Waals surface area contributed by atoms with Gasteiger partial charge in [0.1, 0.15) is 12.2 Å². The maximum absolute atomic E-state index is 13.4. The Hall–Kier alpha value is -4.35. The second-order valence-corrected chi connectivity index (χ2v) is 10.6. The highest BCUT2D eigenvalue weighted by molar-refractivity contribution is 9.10. The number of alkyl halides is 3. The van der Waals surface area contributed by atoms with Gasteiger partial charge in [0.2, 0.25) is 0 Å². The van der Waals surface area contributed by atoms with Gasteiger partial charge in [-0.3, -0.25) is 14.9 Å². The summed E-state index contributed by atoms with van der Waals surface area (Å²) in [5, 5.41) is 3.78.